The molecule has 2 aliphatic rings. The number of rotatable bonds is 5. The Bertz CT molecular complexity index is 883. The Labute approximate surface area is 153 Å². The summed E-state index contributed by atoms with van der Waals surface area (Å²) in [4.78, 5) is 31.6. The number of hydrogen-bond acceptors (Lipinski definition) is 6. The van der Waals surface area contributed by atoms with Gasteiger partial charge in [0.15, 0.2) is 5.16 Å². The maximum absolute atomic E-state index is 13.3. The van der Waals surface area contributed by atoms with Gasteiger partial charge in [0, 0.05) is 11.5 Å². The largest absolute Gasteiger partial charge is 0.376 e. The average molecular weight is 380 g/mol. The van der Waals surface area contributed by atoms with Crippen LogP contribution in [0.1, 0.15) is 36.6 Å². The number of thiophene rings is 1. The molecule has 2 aromatic rings. The minimum Gasteiger partial charge on any atom is -0.376 e. The summed E-state index contributed by atoms with van der Waals surface area (Å²) in [6, 6.07) is 0. The third-order valence-corrected chi connectivity index (χ3v) is 7.18. The molecule has 0 saturated carbocycles. The number of fused-ring (bicyclic) bond motifs is 3. The van der Waals surface area contributed by atoms with E-state index in [0.29, 0.717) is 11.7 Å². The molecule has 6 nitrogen and oxygen atoms in total. The van der Waals surface area contributed by atoms with Crippen LogP contribution >= 0.6 is 23.1 Å². The predicted molar refractivity (Wildman–Crippen MR) is 99.4 cm³/mol. The highest BCUT2D eigenvalue weighted by molar-refractivity contribution is 8.00. The van der Waals surface area contributed by atoms with Crippen molar-refractivity contribution in [1.29, 1.82) is 0 Å². The molecule has 134 valence electrons. The number of aromatic nitrogens is 2. The minimum atomic E-state index is -0.438. The molecule has 3 heterocycles. The number of ether oxygens (including phenoxy) is 1. The van der Waals surface area contributed by atoms with Crippen LogP contribution in [0.2, 0.25) is 0 Å². The molecular weight excluding hydrogens is 358 g/mol. The molecular formula is C17H21N3O3S2. The van der Waals surface area contributed by atoms with Gasteiger partial charge in [-0.1, -0.05) is 11.8 Å². The van der Waals surface area contributed by atoms with Gasteiger partial charge in [-0.25, -0.2) is 4.98 Å². The second kappa shape index (κ2) is 6.74. The second-order valence-corrected chi connectivity index (χ2v) is 9.04. The predicted octanol–water partition coefficient (Wildman–Crippen LogP) is 2.09. The molecule has 1 aliphatic carbocycles. The summed E-state index contributed by atoms with van der Waals surface area (Å²) < 4.78 is 7.42. The lowest BCUT2D eigenvalue weighted by Crippen LogP contribution is -2.30. The van der Waals surface area contributed by atoms with E-state index in [9.17, 15) is 9.59 Å². The normalized spacial score (nSPS) is 20.9. The molecule has 0 aromatic carbocycles. The van der Waals surface area contributed by atoms with Gasteiger partial charge < -0.3 is 10.5 Å². The Hall–Kier alpha value is -1.38. The molecule has 1 fully saturated rings. The lowest BCUT2D eigenvalue weighted by molar-refractivity contribution is -0.117. The molecule has 2 N–H and O–H groups in total. The molecule has 0 spiro atoms. The molecule has 25 heavy (non-hydrogen) atoms. The molecule has 0 radical (unpaired) electrons. The van der Waals surface area contributed by atoms with Gasteiger partial charge in [-0.05, 0) is 44.6 Å². The van der Waals surface area contributed by atoms with E-state index in [4.69, 9.17) is 15.5 Å². The third-order valence-electron chi connectivity index (χ3n) is 4.88. The van der Waals surface area contributed by atoms with Crippen molar-refractivity contribution in [2.75, 3.05) is 6.61 Å². The molecule has 0 bridgehead atoms. The second-order valence-electron chi connectivity index (χ2n) is 6.65. The smallest absolute Gasteiger partial charge is 0.263 e. The molecule has 0 unspecified atom stereocenters. The quantitative estimate of drug-likeness (QED) is 0.635. The van der Waals surface area contributed by atoms with E-state index in [0.717, 1.165) is 48.9 Å². The van der Waals surface area contributed by atoms with Crippen LogP contribution in [-0.2, 0) is 28.9 Å². The number of aryl methyl sites for hydroxylation is 2. The molecule has 8 heteroatoms. The van der Waals surface area contributed by atoms with Crippen LogP contribution in [0.5, 0.6) is 0 Å². The summed E-state index contributed by atoms with van der Waals surface area (Å²) in [5.74, 6) is -0.406. The number of thioether (sulfide) groups is 1. The topological polar surface area (TPSA) is 87.2 Å². The highest BCUT2D eigenvalue weighted by Gasteiger charge is 2.26. The van der Waals surface area contributed by atoms with E-state index in [-0.39, 0.29) is 11.7 Å². The van der Waals surface area contributed by atoms with E-state index in [1.54, 1.807) is 22.8 Å². The van der Waals surface area contributed by atoms with E-state index >= 15 is 0 Å². The maximum atomic E-state index is 13.3. The summed E-state index contributed by atoms with van der Waals surface area (Å²) in [6.07, 6.45) is 5.09. The fourth-order valence-electron chi connectivity index (χ4n) is 3.52. The first-order valence-corrected chi connectivity index (χ1v) is 10.4. The Morgan fingerprint density at radius 2 is 2.32 bits per heavy atom. The van der Waals surface area contributed by atoms with Crippen molar-refractivity contribution in [1.82, 2.24) is 9.55 Å². The Balaban J connectivity index is 1.82. The third kappa shape index (κ3) is 3.11. The molecule has 4 rings (SSSR count). The molecule has 1 amide bonds. The first-order chi connectivity index (χ1) is 12.0. The van der Waals surface area contributed by atoms with Gasteiger partial charge in [-0.3, -0.25) is 14.2 Å². The van der Waals surface area contributed by atoms with Crippen molar-refractivity contribution < 1.29 is 9.53 Å². The zero-order chi connectivity index (χ0) is 17.6. The van der Waals surface area contributed by atoms with Crippen molar-refractivity contribution in [3.63, 3.8) is 0 Å². The van der Waals surface area contributed by atoms with Crippen molar-refractivity contribution in [2.45, 2.75) is 62.1 Å². The standard InChI is InChI=1S/C17H21N3O3S2/c1-9(14(18)21)24-17-19-15-13(11-5-2-6-12(11)25-15)16(22)20(17)8-10-4-3-7-23-10/h9-10H,2-8H2,1H3,(H2,18,21)/t9-,10-/m0/s1. The highest BCUT2D eigenvalue weighted by atomic mass is 32.2. The van der Waals surface area contributed by atoms with Crippen molar-refractivity contribution in [3.05, 3.63) is 20.8 Å². The SMILES string of the molecule is C[C@H](Sc1nc2sc3c(c2c(=O)n1C[C@@H]1CCCO1)CCC3)C(N)=O. The number of nitrogens with zero attached hydrogens (tertiary/aromatic N) is 2. The van der Waals surface area contributed by atoms with Crippen LogP contribution in [0.15, 0.2) is 9.95 Å². The Morgan fingerprint density at radius 1 is 1.48 bits per heavy atom. The van der Waals surface area contributed by atoms with Crippen LogP contribution in [0.3, 0.4) is 0 Å². The summed E-state index contributed by atoms with van der Waals surface area (Å²) in [5.41, 5.74) is 6.59. The van der Waals surface area contributed by atoms with Gasteiger partial charge >= 0.3 is 0 Å². The fraction of sp³-hybridized carbons (Fsp3) is 0.588. The monoisotopic (exact) mass is 379 g/mol. The summed E-state index contributed by atoms with van der Waals surface area (Å²) in [7, 11) is 0. The first-order valence-electron chi connectivity index (χ1n) is 8.67. The Morgan fingerprint density at radius 3 is 3.04 bits per heavy atom. The zero-order valence-corrected chi connectivity index (χ0v) is 15.8. The number of nitrogens with two attached hydrogens (primary N) is 1. The number of hydrogen-bond donors (Lipinski definition) is 1. The molecule has 1 saturated heterocycles. The molecule has 2 atom stereocenters. The van der Waals surface area contributed by atoms with Crippen molar-refractivity contribution >= 4 is 39.2 Å². The average Bonchev–Trinajstić information content (AvgIpc) is 3.27. The lowest BCUT2D eigenvalue weighted by Gasteiger charge is -2.17. The number of carbonyl (C=O) groups is 1. The van der Waals surface area contributed by atoms with Crippen LogP contribution in [0, 0.1) is 0 Å². The number of carbonyl (C=O) groups excluding carboxylic acids is 1. The van der Waals surface area contributed by atoms with Gasteiger partial charge in [0.2, 0.25) is 5.91 Å². The molecule has 1 aliphatic heterocycles. The summed E-state index contributed by atoms with van der Waals surface area (Å²) >= 11 is 2.88. The van der Waals surface area contributed by atoms with Gasteiger partial charge in [0.25, 0.3) is 5.56 Å². The summed E-state index contributed by atoms with van der Waals surface area (Å²) in [5, 5.41) is 0.901. The lowest BCUT2D eigenvalue weighted by atomic mass is 10.2. The van der Waals surface area contributed by atoms with Crippen LogP contribution in [0.25, 0.3) is 10.2 Å². The summed E-state index contributed by atoms with van der Waals surface area (Å²) in [6.45, 7) is 2.97. The van der Waals surface area contributed by atoms with Crippen LogP contribution in [0.4, 0.5) is 0 Å². The van der Waals surface area contributed by atoms with Gasteiger partial charge in [-0.15, -0.1) is 11.3 Å². The van der Waals surface area contributed by atoms with Crippen LogP contribution < -0.4 is 11.3 Å². The number of primary amides is 1. The van der Waals surface area contributed by atoms with E-state index in [2.05, 4.69) is 0 Å². The van der Waals surface area contributed by atoms with Crippen molar-refractivity contribution in [3.8, 4) is 0 Å². The highest BCUT2D eigenvalue weighted by Crippen LogP contribution is 2.36. The van der Waals surface area contributed by atoms with Gasteiger partial charge in [0.05, 0.1) is 23.3 Å². The minimum absolute atomic E-state index is 0.000861. The fourth-order valence-corrected chi connectivity index (χ4v) is 5.69. The van der Waals surface area contributed by atoms with E-state index in [1.807, 2.05) is 0 Å². The van der Waals surface area contributed by atoms with Gasteiger partial charge in [-0.2, -0.15) is 0 Å². The van der Waals surface area contributed by atoms with E-state index < -0.39 is 11.2 Å². The Kier molecular flexibility index (Phi) is 4.59. The first kappa shape index (κ1) is 17.1. The maximum Gasteiger partial charge on any atom is 0.263 e. The van der Waals surface area contributed by atoms with Gasteiger partial charge in [0.1, 0.15) is 4.83 Å². The zero-order valence-electron chi connectivity index (χ0n) is 14.1. The van der Waals surface area contributed by atoms with Crippen molar-refractivity contribution in [2.24, 2.45) is 5.73 Å². The van der Waals surface area contributed by atoms with Crippen LogP contribution in [-0.4, -0.2) is 33.4 Å². The molecule has 2 aromatic heterocycles. The number of amides is 1. The van der Waals surface area contributed by atoms with E-state index in [1.165, 1.54) is 22.2 Å².